The van der Waals surface area contributed by atoms with Crippen LogP contribution in [0.25, 0.3) is 0 Å². The molecule has 4 rings (SSSR count). The minimum Gasteiger partial charge on any atom is -1.00 e. The zero-order valence-electron chi connectivity index (χ0n) is 22.5. The number of nitrogens with two attached hydrogens (primary N) is 1. The number of hydrogen-bond donors (Lipinski definition) is 2. The van der Waals surface area contributed by atoms with E-state index in [-0.39, 0.29) is 49.2 Å². The van der Waals surface area contributed by atoms with Gasteiger partial charge in [-0.05, 0) is 73.6 Å². The molecule has 0 amide bonds. The fourth-order valence-corrected chi connectivity index (χ4v) is 5.03. The Balaban J connectivity index is 0.000000949. The van der Waals surface area contributed by atoms with Crippen molar-refractivity contribution < 1.29 is 52.7 Å². The SMILES string of the molecule is C[C]1[CH][CH][C](C(C)C)[CH][CH]1.Cc1ccc(S(=O)(=O)N[C@@H](c2ccccc2)[C@@H](N)c2ccccc2)cc1.[Cl-].[Cl-].[Ru+2]. The van der Waals surface area contributed by atoms with Crippen LogP contribution in [0, 0.1) is 50.4 Å². The Bertz CT molecular complexity index is 1160. The number of nitrogens with one attached hydrogen (secondary N) is 1. The second kappa shape index (κ2) is 18.2. The molecule has 1 aliphatic rings. The van der Waals surface area contributed by atoms with Gasteiger partial charge in [0, 0.05) is 0 Å². The van der Waals surface area contributed by atoms with Gasteiger partial charge in [-0.25, -0.2) is 13.1 Å². The summed E-state index contributed by atoms with van der Waals surface area (Å²) in [5.41, 5.74) is 9.15. The maximum Gasteiger partial charge on any atom is 2.00 e. The summed E-state index contributed by atoms with van der Waals surface area (Å²) in [6.45, 7) is 8.46. The Kier molecular flexibility index (Phi) is 17.6. The van der Waals surface area contributed by atoms with Crippen molar-refractivity contribution in [2.45, 2.75) is 44.7 Å². The molecule has 3 N–H and O–H groups in total. The van der Waals surface area contributed by atoms with Gasteiger partial charge in [0.25, 0.3) is 0 Å². The summed E-state index contributed by atoms with van der Waals surface area (Å²) in [7, 11) is -3.71. The molecule has 8 heteroatoms. The molecular formula is C31H36Cl2N2O2RuS. The molecule has 1 saturated carbocycles. The van der Waals surface area contributed by atoms with Crippen LogP contribution in [0.1, 0.15) is 49.5 Å². The van der Waals surface area contributed by atoms with E-state index in [2.05, 4.69) is 51.2 Å². The van der Waals surface area contributed by atoms with E-state index in [9.17, 15) is 8.42 Å². The summed E-state index contributed by atoms with van der Waals surface area (Å²) in [6, 6.07) is 24.6. The normalized spacial score (nSPS) is 15.4. The van der Waals surface area contributed by atoms with Crippen molar-refractivity contribution in [3.05, 3.63) is 139 Å². The van der Waals surface area contributed by atoms with E-state index in [4.69, 9.17) is 5.73 Å². The van der Waals surface area contributed by atoms with Gasteiger partial charge in [0.15, 0.2) is 0 Å². The topological polar surface area (TPSA) is 72.2 Å². The molecule has 0 saturated heterocycles. The van der Waals surface area contributed by atoms with Crippen molar-refractivity contribution >= 4 is 10.0 Å². The van der Waals surface area contributed by atoms with Gasteiger partial charge in [0.1, 0.15) is 0 Å². The molecule has 0 aromatic heterocycles. The van der Waals surface area contributed by atoms with E-state index in [1.807, 2.05) is 67.6 Å². The molecular weight excluding hydrogens is 636 g/mol. The van der Waals surface area contributed by atoms with Crippen LogP contribution < -0.4 is 35.3 Å². The second-order valence-corrected chi connectivity index (χ2v) is 11.0. The van der Waals surface area contributed by atoms with Gasteiger partial charge in [-0.15, -0.1) is 0 Å². The van der Waals surface area contributed by atoms with E-state index >= 15 is 0 Å². The maximum atomic E-state index is 12.9. The van der Waals surface area contributed by atoms with Crippen molar-refractivity contribution in [3.63, 3.8) is 0 Å². The molecule has 2 atom stereocenters. The van der Waals surface area contributed by atoms with Gasteiger partial charge in [0.2, 0.25) is 10.0 Å². The summed E-state index contributed by atoms with van der Waals surface area (Å²) in [5.74, 6) is 3.41. The minimum atomic E-state index is -3.71. The minimum absolute atomic E-state index is 0. The molecule has 0 spiro atoms. The van der Waals surface area contributed by atoms with Crippen molar-refractivity contribution in [3.8, 4) is 0 Å². The summed E-state index contributed by atoms with van der Waals surface area (Å²) in [4.78, 5) is 0.226. The van der Waals surface area contributed by atoms with E-state index in [1.165, 1.54) is 11.8 Å². The quantitative estimate of drug-likeness (QED) is 0.357. The monoisotopic (exact) mass is 672 g/mol. The fourth-order valence-electron chi connectivity index (χ4n) is 3.78. The molecule has 0 aliphatic heterocycles. The van der Waals surface area contributed by atoms with Crippen molar-refractivity contribution in [1.82, 2.24) is 4.72 Å². The Morgan fingerprint density at radius 1 is 0.692 bits per heavy atom. The second-order valence-electron chi connectivity index (χ2n) is 9.32. The van der Waals surface area contributed by atoms with E-state index in [1.54, 1.807) is 24.3 Å². The third kappa shape index (κ3) is 11.6. The molecule has 0 heterocycles. The maximum absolute atomic E-state index is 12.9. The smallest absolute Gasteiger partial charge is 1.00 e. The van der Waals surface area contributed by atoms with Gasteiger partial charge in [-0.2, -0.15) is 0 Å². The molecule has 3 aromatic rings. The van der Waals surface area contributed by atoms with Crippen LogP contribution in [-0.4, -0.2) is 8.42 Å². The molecule has 4 nitrogen and oxygen atoms in total. The van der Waals surface area contributed by atoms with E-state index in [0.717, 1.165) is 16.7 Å². The first-order valence-corrected chi connectivity index (χ1v) is 13.7. The average Bonchev–Trinajstić information content (AvgIpc) is 2.89. The third-order valence-electron chi connectivity index (χ3n) is 6.06. The van der Waals surface area contributed by atoms with Gasteiger partial charge >= 0.3 is 19.5 Å². The number of benzene rings is 3. The van der Waals surface area contributed by atoms with Crippen LogP contribution in [0.15, 0.2) is 89.8 Å². The Hall–Kier alpha value is -1.27. The number of rotatable bonds is 7. The molecule has 1 aliphatic carbocycles. The summed E-state index contributed by atoms with van der Waals surface area (Å²) in [5, 5.41) is 0. The molecule has 210 valence electrons. The third-order valence-corrected chi connectivity index (χ3v) is 7.52. The van der Waals surface area contributed by atoms with Crippen molar-refractivity contribution in [2.24, 2.45) is 11.7 Å². The van der Waals surface area contributed by atoms with Crippen LogP contribution in [0.5, 0.6) is 0 Å². The molecule has 1 fully saturated rings. The number of sulfonamides is 1. The first kappa shape index (κ1) is 37.7. The fraction of sp³-hybridized carbons (Fsp3) is 0.226. The Labute approximate surface area is 261 Å². The van der Waals surface area contributed by atoms with Gasteiger partial charge < -0.3 is 30.5 Å². The van der Waals surface area contributed by atoms with Crippen LogP contribution in [0.2, 0.25) is 0 Å². The summed E-state index contributed by atoms with van der Waals surface area (Å²) < 4.78 is 28.6. The Morgan fingerprint density at radius 2 is 1.15 bits per heavy atom. The Morgan fingerprint density at radius 3 is 1.62 bits per heavy atom. The predicted molar refractivity (Wildman–Crippen MR) is 148 cm³/mol. The first-order valence-electron chi connectivity index (χ1n) is 12.2. The van der Waals surface area contributed by atoms with Crippen molar-refractivity contribution in [2.75, 3.05) is 0 Å². The van der Waals surface area contributed by atoms with Crippen molar-refractivity contribution in [1.29, 1.82) is 0 Å². The zero-order valence-corrected chi connectivity index (χ0v) is 26.6. The van der Waals surface area contributed by atoms with E-state index < -0.39 is 22.1 Å². The van der Waals surface area contributed by atoms with Gasteiger partial charge in [-0.3, -0.25) is 0 Å². The molecule has 39 heavy (non-hydrogen) atoms. The largest absolute Gasteiger partial charge is 2.00 e. The van der Waals surface area contributed by atoms with Gasteiger partial charge in [0.05, 0.1) is 17.0 Å². The number of aryl methyl sites for hydroxylation is 1. The summed E-state index contributed by atoms with van der Waals surface area (Å²) >= 11 is 0. The van der Waals surface area contributed by atoms with E-state index in [0.29, 0.717) is 5.92 Å². The first-order chi connectivity index (χ1) is 17.2. The summed E-state index contributed by atoms with van der Waals surface area (Å²) in [6.07, 6.45) is 8.71. The zero-order chi connectivity index (χ0) is 26.1. The standard InChI is InChI=1S/C21H22N2O2S.C10H14.2ClH.Ru/c1-16-12-14-19(15-13-16)26(24,25)23-21(18-10-6-3-7-11-18)20(22)17-8-4-2-5-9-17;1-8(2)10-6-4-9(3)5-7-10;;;/h2-15,20-21,23H,22H2,1H3;4-8H,1-3H3;2*1H;/q;;;;+2/p-2/t20-,21-;;;;/m0..../s1. The molecule has 6 radical (unpaired) electrons. The molecule has 0 unspecified atom stereocenters. The molecule has 0 bridgehead atoms. The molecule has 3 aromatic carbocycles. The number of halogens is 2. The van der Waals surface area contributed by atoms with Crippen LogP contribution in [0.3, 0.4) is 0 Å². The van der Waals surface area contributed by atoms with Crippen LogP contribution in [-0.2, 0) is 29.5 Å². The predicted octanol–water partition coefficient (Wildman–Crippen LogP) is 0.362. The van der Waals surface area contributed by atoms with Crippen LogP contribution >= 0.6 is 0 Å². The average molecular weight is 673 g/mol. The van der Waals surface area contributed by atoms with Gasteiger partial charge in [-0.1, -0.05) is 99.1 Å². The number of hydrogen-bond acceptors (Lipinski definition) is 3. The van der Waals surface area contributed by atoms with Crippen LogP contribution in [0.4, 0.5) is 0 Å².